The van der Waals surface area contributed by atoms with Crippen LogP contribution in [-0.2, 0) is 19.6 Å². The van der Waals surface area contributed by atoms with Gasteiger partial charge in [0.1, 0.15) is 0 Å². The van der Waals surface area contributed by atoms with Crippen molar-refractivity contribution >= 4 is 33.4 Å². The Kier molecular flexibility index (Phi) is 6.14. The number of hydrogen-bond acceptors (Lipinski definition) is 7. The van der Waals surface area contributed by atoms with Gasteiger partial charge in [-0.15, -0.1) is 0 Å². The molecule has 2 N–H and O–H groups in total. The minimum Gasteiger partial charge on any atom is -0.451 e. The van der Waals surface area contributed by atoms with E-state index in [0.717, 1.165) is 18.9 Å². The van der Waals surface area contributed by atoms with Crippen LogP contribution in [0.15, 0.2) is 45.9 Å². The van der Waals surface area contributed by atoms with Gasteiger partial charge in [-0.2, -0.15) is 0 Å². The lowest BCUT2D eigenvalue weighted by Crippen LogP contribution is -2.25. The summed E-state index contributed by atoms with van der Waals surface area (Å²) in [7, 11) is -3.82. The number of benzene rings is 1. The molecule has 0 saturated heterocycles. The average molecular weight is 420 g/mol. The molecule has 3 rings (SSSR count). The van der Waals surface area contributed by atoms with E-state index in [2.05, 4.69) is 10.0 Å². The van der Waals surface area contributed by atoms with Crippen LogP contribution < -0.4 is 10.0 Å². The Hall–Kier alpha value is -2.98. The van der Waals surface area contributed by atoms with Gasteiger partial charge in [-0.1, -0.05) is 6.92 Å². The minimum absolute atomic E-state index is 0.0974. The highest BCUT2D eigenvalue weighted by Crippen LogP contribution is 2.23. The van der Waals surface area contributed by atoms with Crippen LogP contribution in [0.4, 0.5) is 5.69 Å². The molecule has 1 aromatic heterocycles. The molecule has 9 nitrogen and oxygen atoms in total. The van der Waals surface area contributed by atoms with E-state index < -0.39 is 28.4 Å². The fourth-order valence-corrected chi connectivity index (χ4v) is 3.56. The molecule has 0 unspecified atom stereocenters. The van der Waals surface area contributed by atoms with E-state index in [9.17, 15) is 22.8 Å². The maximum Gasteiger partial charge on any atom is 0.374 e. The monoisotopic (exact) mass is 420 g/mol. The molecular weight excluding hydrogens is 400 g/mol. The third-order valence-corrected chi connectivity index (χ3v) is 5.49. The van der Waals surface area contributed by atoms with Crippen molar-refractivity contribution in [3.05, 3.63) is 47.7 Å². The van der Waals surface area contributed by atoms with Crippen LogP contribution >= 0.6 is 0 Å². The lowest BCUT2D eigenvalue weighted by Gasteiger charge is -2.06. The standard InChI is InChI=1S/C19H20N2O7S/c1-2-17(23)20-13-5-3-12(4-6-13)15(22)11-27-19(24)16-9-10-18(28-16)29(25,26)21-14-7-8-14/h3-6,9-10,14,21H,2,7-8,11H2,1H3,(H,20,23). The van der Waals surface area contributed by atoms with E-state index in [1.165, 1.54) is 18.2 Å². The van der Waals surface area contributed by atoms with Crippen molar-refractivity contribution < 1.29 is 32.0 Å². The summed E-state index contributed by atoms with van der Waals surface area (Å²) in [6.45, 7) is 1.19. The third-order valence-electron chi connectivity index (χ3n) is 4.09. The summed E-state index contributed by atoms with van der Waals surface area (Å²) in [5.41, 5.74) is 0.846. The molecule has 1 fully saturated rings. The van der Waals surface area contributed by atoms with E-state index >= 15 is 0 Å². The van der Waals surface area contributed by atoms with Gasteiger partial charge in [0, 0.05) is 23.7 Å². The number of anilines is 1. The Morgan fingerprint density at radius 2 is 1.79 bits per heavy atom. The molecule has 1 heterocycles. The van der Waals surface area contributed by atoms with Crippen LogP contribution in [0.25, 0.3) is 0 Å². The lowest BCUT2D eigenvalue weighted by atomic mass is 10.1. The topological polar surface area (TPSA) is 132 Å². The number of Topliss-reactive ketones (excluding diaryl/α,β-unsaturated/α-hetero) is 1. The second-order valence-corrected chi connectivity index (χ2v) is 8.14. The molecule has 0 aliphatic heterocycles. The van der Waals surface area contributed by atoms with Crippen molar-refractivity contribution in [2.45, 2.75) is 37.3 Å². The highest BCUT2D eigenvalue weighted by atomic mass is 32.2. The number of nitrogens with one attached hydrogen (secondary N) is 2. The average Bonchev–Trinajstić information content (AvgIpc) is 3.34. The summed E-state index contributed by atoms with van der Waals surface area (Å²) in [5, 5.41) is 2.28. The number of carbonyl (C=O) groups is 3. The molecule has 154 valence electrons. The van der Waals surface area contributed by atoms with Gasteiger partial charge in [-0.25, -0.2) is 17.9 Å². The Labute approximate surface area is 167 Å². The summed E-state index contributed by atoms with van der Waals surface area (Å²) in [5.74, 6) is -1.86. The van der Waals surface area contributed by atoms with Crippen molar-refractivity contribution in [1.29, 1.82) is 0 Å². The lowest BCUT2D eigenvalue weighted by molar-refractivity contribution is -0.115. The molecule has 10 heteroatoms. The normalized spacial score (nSPS) is 13.7. The fraction of sp³-hybridized carbons (Fsp3) is 0.316. The second kappa shape index (κ2) is 8.58. The summed E-state index contributed by atoms with van der Waals surface area (Å²) in [4.78, 5) is 35.5. The van der Waals surface area contributed by atoms with Crippen LogP contribution in [-0.4, -0.2) is 38.7 Å². The first-order valence-corrected chi connectivity index (χ1v) is 10.5. The molecule has 2 aromatic rings. The summed E-state index contributed by atoms with van der Waals surface area (Å²) in [6.07, 6.45) is 1.87. The highest BCUT2D eigenvalue weighted by molar-refractivity contribution is 7.89. The smallest absolute Gasteiger partial charge is 0.374 e. The molecule has 1 aliphatic rings. The molecule has 1 saturated carbocycles. The maximum absolute atomic E-state index is 12.2. The molecule has 1 aliphatic carbocycles. The van der Waals surface area contributed by atoms with Crippen molar-refractivity contribution in [1.82, 2.24) is 4.72 Å². The number of ketones is 1. The van der Waals surface area contributed by atoms with E-state index in [1.54, 1.807) is 19.1 Å². The predicted octanol–water partition coefficient (Wildman–Crippen LogP) is 2.11. The Bertz CT molecular complexity index is 1020. The molecule has 1 aromatic carbocycles. The quantitative estimate of drug-likeness (QED) is 0.469. The number of esters is 1. The molecular formula is C19H20N2O7S. The second-order valence-electron chi connectivity index (χ2n) is 6.49. The zero-order valence-electron chi connectivity index (χ0n) is 15.6. The zero-order chi connectivity index (χ0) is 21.0. The van der Waals surface area contributed by atoms with Gasteiger partial charge in [-0.05, 0) is 49.2 Å². The van der Waals surface area contributed by atoms with E-state index in [4.69, 9.17) is 9.15 Å². The number of furan rings is 1. The van der Waals surface area contributed by atoms with Gasteiger partial charge >= 0.3 is 5.97 Å². The fourth-order valence-electron chi connectivity index (χ4n) is 2.33. The number of hydrogen-bond donors (Lipinski definition) is 2. The van der Waals surface area contributed by atoms with Crippen molar-refractivity contribution in [3.63, 3.8) is 0 Å². The maximum atomic E-state index is 12.2. The van der Waals surface area contributed by atoms with Gasteiger partial charge in [0.15, 0.2) is 12.4 Å². The van der Waals surface area contributed by atoms with Crippen LogP contribution in [0, 0.1) is 0 Å². The first-order valence-electron chi connectivity index (χ1n) is 9.01. The minimum atomic E-state index is -3.82. The largest absolute Gasteiger partial charge is 0.451 e. The Balaban J connectivity index is 1.55. The van der Waals surface area contributed by atoms with Gasteiger partial charge in [0.05, 0.1) is 0 Å². The van der Waals surface area contributed by atoms with Crippen molar-refractivity contribution in [3.8, 4) is 0 Å². The summed E-state index contributed by atoms with van der Waals surface area (Å²) in [6, 6.07) is 8.38. The number of rotatable bonds is 9. The first-order chi connectivity index (χ1) is 13.8. The molecule has 0 spiro atoms. The van der Waals surface area contributed by atoms with Gasteiger partial charge in [0.2, 0.25) is 16.8 Å². The zero-order valence-corrected chi connectivity index (χ0v) is 16.5. The predicted molar refractivity (Wildman–Crippen MR) is 102 cm³/mol. The van der Waals surface area contributed by atoms with Crippen LogP contribution in [0.3, 0.4) is 0 Å². The van der Waals surface area contributed by atoms with Crippen LogP contribution in [0.5, 0.6) is 0 Å². The van der Waals surface area contributed by atoms with E-state index in [-0.39, 0.29) is 22.8 Å². The number of carbonyl (C=O) groups excluding carboxylic acids is 3. The molecule has 29 heavy (non-hydrogen) atoms. The third kappa shape index (κ3) is 5.52. The van der Waals surface area contributed by atoms with Crippen molar-refractivity contribution in [2.75, 3.05) is 11.9 Å². The molecule has 1 amide bonds. The Morgan fingerprint density at radius 3 is 2.41 bits per heavy atom. The van der Waals surface area contributed by atoms with Crippen LogP contribution in [0.2, 0.25) is 0 Å². The number of ether oxygens (including phenoxy) is 1. The first kappa shape index (κ1) is 20.7. The van der Waals surface area contributed by atoms with Gasteiger partial charge < -0.3 is 14.5 Å². The van der Waals surface area contributed by atoms with Crippen molar-refractivity contribution in [2.24, 2.45) is 0 Å². The SMILES string of the molecule is CCC(=O)Nc1ccc(C(=O)COC(=O)c2ccc(S(=O)(=O)NC3CC3)o2)cc1. The van der Waals surface area contributed by atoms with Gasteiger partial charge in [-0.3, -0.25) is 9.59 Å². The molecule has 0 bridgehead atoms. The molecule has 0 radical (unpaired) electrons. The van der Waals surface area contributed by atoms with E-state index in [0.29, 0.717) is 17.7 Å². The summed E-state index contributed by atoms with van der Waals surface area (Å²) >= 11 is 0. The Morgan fingerprint density at radius 1 is 1.10 bits per heavy atom. The molecule has 0 atom stereocenters. The summed E-state index contributed by atoms with van der Waals surface area (Å²) < 4.78 is 36.5. The van der Waals surface area contributed by atoms with Crippen LogP contribution in [0.1, 0.15) is 47.1 Å². The van der Waals surface area contributed by atoms with Gasteiger partial charge in [0.25, 0.3) is 10.0 Å². The number of amides is 1. The highest BCUT2D eigenvalue weighted by Gasteiger charge is 2.30. The van der Waals surface area contributed by atoms with E-state index in [1.807, 2.05) is 0 Å². The number of sulfonamides is 1.